The number of terminal acetylenes is 1. The Bertz CT molecular complexity index is 438. The van der Waals surface area contributed by atoms with E-state index in [0.29, 0.717) is 6.42 Å². The van der Waals surface area contributed by atoms with Gasteiger partial charge in [0.05, 0.1) is 0 Å². The van der Waals surface area contributed by atoms with E-state index in [9.17, 15) is 22.0 Å². The van der Waals surface area contributed by atoms with Gasteiger partial charge < -0.3 is 0 Å². The van der Waals surface area contributed by atoms with Gasteiger partial charge in [0.1, 0.15) is 5.57 Å². The van der Waals surface area contributed by atoms with Gasteiger partial charge in [0.15, 0.2) is 0 Å². The summed E-state index contributed by atoms with van der Waals surface area (Å²) >= 11 is 0.881. The average Bonchev–Trinajstić information content (AvgIpc) is 2.79. The highest BCUT2D eigenvalue weighted by Gasteiger charge is 2.54. The lowest BCUT2D eigenvalue weighted by Gasteiger charge is -2.28. The van der Waals surface area contributed by atoms with Gasteiger partial charge in [-0.3, -0.25) is 0 Å². The maximum atomic E-state index is 12.7. The molecular weight excluding hydrogens is 271 g/mol. The van der Waals surface area contributed by atoms with Gasteiger partial charge in [-0.2, -0.15) is 22.0 Å². The standard InChI is InChI=1S/C12H9F5S/c1-2-18-10-7-4-3-6(5-7)8(10)9(11(13)14)12(15,16)17/h1,3-4,6-8,10H,5H2. The summed E-state index contributed by atoms with van der Waals surface area (Å²) in [6.45, 7) is 0. The summed E-state index contributed by atoms with van der Waals surface area (Å²) in [5.41, 5.74) is -1.70. The predicted octanol–water partition coefficient (Wildman–Crippen LogP) is 4.21. The third kappa shape index (κ3) is 2.16. The number of allylic oxidation sites excluding steroid dienone is 3. The summed E-state index contributed by atoms with van der Waals surface area (Å²) < 4.78 is 63.5. The second kappa shape index (κ2) is 4.61. The number of hydrogen-bond acceptors (Lipinski definition) is 1. The molecule has 0 radical (unpaired) electrons. The van der Waals surface area contributed by atoms with Crippen LogP contribution in [0.4, 0.5) is 22.0 Å². The highest BCUT2D eigenvalue weighted by atomic mass is 32.2. The quantitative estimate of drug-likeness (QED) is 0.415. The molecule has 0 aromatic heterocycles. The van der Waals surface area contributed by atoms with Gasteiger partial charge in [0, 0.05) is 11.2 Å². The molecule has 0 aromatic rings. The van der Waals surface area contributed by atoms with Crippen LogP contribution in [0, 0.1) is 29.4 Å². The normalized spacial score (nSPS) is 33.6. The Morgan fingerprint density at radius 1 is 1.22 bits per heavy atom. The molecule has 0 spiro atoms. The predicted molar refractivity (Wildman–Crippen MR) is 59.7 cm³/mol. The molecule has 0 saturated heterocycles. The SMILES string of the molecule is C#CSC1C2C=CC(C2)C1C(=C(F)F)C(F)(F)F. The van der Waals surface area contributed by atoms with E-state index in [1.807, 2.05) is 0 Å². The van der Waals surface area contributed by atoms with Crippen LogP contribution in [0.15, 0.2) is 23.8 Å². The molecule has 0 heterocycles. The molecule has 4 unspecified atom stereocenters. The highest BCUT2D eigenvalue weighted by molar-refractivity contribution is 8.04. The minimum Gasteiger partial charge on any atom is -0.173 e. The Labute approximate surface area is 105 Å². The van der Waals surface area contributed by atoms with E-state index < -0.39 is 34.9 Å². The van der Waals surface area contributed by atoms with Crippen LogP contribution in [-0.4, -0.2) is 11.4 Å². The zero-order chi connectivity index (χ0) is 13.5. The van der Waals surface area contributed by atoms with Crippen LogP contribution >= 0.6 is 11.8 Å². The van der Waals surface area contributed by atoms with Crippen LogP contribution < -0.4 is 0 Å². The van der Waals surface area contributed by atoms with Crippen molar-refractivity contribution in [1.29, 1.82) is 0 Å². The van der Waals surface area contributed by atoms with Crippen LogP contribution in [-0.2, 0) is 0 Å². The van der Waals surface area contributed by atoms with Crippen molar-refractivity contribution in [3.63, 3.8) is 0 Å². The second-order valence-corrected chi connectivity index (χ2v) is 5.36. The minimum atomic E-state index is -5.00. The largest absolute Gasteiger partial charge is 0.418 e. The van der Waals surface area contributed by atoms with E-state index in [2.05, 4.69) is 5.25 Å². The summed E-state index contributed by atoms with van der Waals surface area (Å²) in [5, 5.41) is 1.61. The average molecular weight is 280 g/mol. The maximum absolute atomic E-state index is 12.7. The van der Waals surface area contributed by atoms with Gasteiger partial charge in [-0.25, -0.2) is 0 Å². The number of alkyl halides is 3. The van der Waals surface area contributed by atoms with E-state index >= 15 is 0 Å². The molecule has 18 heavy (non-hydrogen) atoms. The van der Waals surface area contributed by atoms with Gasteiger partial charge in [0.25, 0.3) is 6.08 Å². The van der Waals surface area contributed by atoms with Gasteiger partial charge in [-0.1, -0.05) is 23.9 Å². The summed E-state index contributed by atoms with van der Waals surface area (Å²) in [7, 11) is 0. The first-order valence-corrected chi connectivity index (χ1v) is 6.16. The van der Waals surface area contributed by atoms with Crippen molar-refractivity contribution in [3.8, 4) is 11.7 Å². The number of thioether (sulfide) groups is 1. The Balaban J connectivity index is 2.40. The van der Waals surface area contributed by atoms with Crippen molar-refractivity contribution in [3.05, 3.63) is 23.8 Å². The van der Waals surface area contributed by atoms with Gasteiger partial charge in [-0.05, 0) is 23.5 Å². The van der Waals surface area contributed by atoms with Gasteiger partial charge in [-0.15, -0.1) is 6.42 Å². The summed E-state index contributed by atoms with van der Waals surface area (Å²) in [6, 6.07) is 0. The Morgan fingerprint density at radius 2 is 1.83 bits per heavy atom. The monoisotopic (exact) mass is 280 g/mol. The number of hydrogen-bond donors (Lipinski definition) is 0. The Kier molecular flexibility index (Phi) is 3.45. The van der Waals surface area contributed by atoms with E-state index in [-0.39, 0.29) is 5.92 Å². The lowest BCUT2D eigenvalue weighted by Crippen LogP contribution is -2.31. The smallest absolute Gasteiger partial charge is 0.173 e. The van der Waals surface area contributed by atoms with E-state index in [1.165, 1.54) is 0 Å². The first-order valence-electron chi connectivity index (χ1n) is 5.28. The first-order chi connectivity index (χ1) is 8.36. The van der Waals surface area contributed by atoms with Crippen molar-refractivity contribution in [2.75, 3.05) is 0 Å². The van der Waals surface area contributed by atoms with Crippen LogP contribution in [0.3, 0.4) is 0 Å². The molecule has 2 aliphatic rings. The molecular formula is C12H9F5S. The molecule has 6 heteroatoms. The summed E-state index contributed by atoms with van der Waals surface area (Å²) in [6.07, 6.45) is 1.29. The summed E-state index contributed by atoms with van der Waals surface area (Å²) in [5.74, 6) is -1.86. The van der Waals surface area contributed by atoms with E-state index in [1.54, 1.807) is 12.2 Å². The van der Waals surface area contributed by atoms with Crippen molar-refractivity contribution >= 4 is 11.8 Å². The van der Waals surface area contributed by atoms with Gasteiger partial charge in [0.2, 0.25) is 0 Å². The number of halogens is 5. The molecule has 98 valence electrons. The molecule has 2 aliphatic carbocycles. The Morgan fingerprint density at radius 3 is 2.33 bits per heavy atom. The topological polar surface area (TPSA) is 0 Å². The lowest BCUT2D eigenvalue weighted by molar-refractivity contribution is -0.104. The highest BCUT2D eigenvalue weighted by Crippen LogP contribution is 2.55. The third-order valence-corrected chi connectivity index (χ3v) is 4.48. The third-order valence-electron chi connectivity index (χ3n) is 3.43. The molecule has 0 aromatic carbocycles. The van der Waals surface area contributed by atoms with E-state index in [4.69, 9.17) is 6.42 Å². The number of fused-ring (bicyclic) bond motifs is 2. The number of rotatable bonds is 2. The van der Waals surface area contributed by atoms with Crippen LogP contribution in [0.5, 0.6) is 0 Å². The zero-order valence-electron chi connectivity index (χ0n) is 9.05. The maximum Gasteiger partial charge on any atom is 0.418 e. The summed E-state index contributed by atoms with van der Waals surface area (Å²) in [4.78, 5) is 0. The second-order valence-electron chi connectivity index (χ2n) is 4.35. The van der Waals surface area contributed by atoms with Crippen molar-refractivity contribution in [1.82, 2.24) is 0 Å². The molecule has 0 nitrogen and oxygen atoms in total. The van der Waals surface area contributed by atoms with Gasteiger partial charge >= 0.3 is 6.18 Å². The molecule has 0 amide bonds. The fraction of sp³-hybridized carbons (Fsp3) is 0.500. The molecule has 2 rings (SSSR count). The first kappa shape index (κ1) is 13.5. The van der Waals surface area contributed by atoms with Crippen molar-refractivity contribution in [2.24, 2.45) is 17.8 Å². The molecule has 1 fully saturated rings. The fourth-order valence-electron chi connectivity index (χ4n) is 2.82. The lowest BCUT2D eigenvalue weighted by atomic mass is 9.86. The minimum absolute atomic E-state index is 0.141. The van der Waals surface area contributed by atoms with Crippen molar-refractivity contribution in [2.45, 2.75) is 17.8 Å². The van der Waals surface area contributed by atoms with Crippen LogP contribution in [0.1, 0.15) is 6.42 Å². The van der Waals surface area contributed by atoms with Crippen LogP contribution in [0.2, 0.25) is 0 Å². The molecule has 4 atom stereocenters. The van der Waals surface area contributed by atoms with Crippen LogP contribution in [0.25, 0.3) is 0 Å². The molecule has 1 saturated carbocycles. The molecule has 2 bridgehead atoms. The zero-order valence-corrected chi connectivity index (χ0v) is 9.86. The molecule has 0 N–H and O–H groups in total. The Hall–Kier alpha value is -0.960. The molecule has 0 aliphatic heterocycles. The van der Waals surface area contributed by atoms with E-state index in [0.717, 1.165) is 11.8 Å². The van der Waals surface area contributed by atoms with Crippen molar-refractivity contribution < 1.29 is 22.0 Å². The fourth-order valence-corrected chi connectivity index (χ4v) is 3.83.